The van der Waals surface area contributed by atoms with Crippen molar-refractivity contribution in [2.45, 2.75) is 38.4 Å². The maximum absolute atomic E-state index is 12.2. The summed E-state index contributed by atoms with van der Waals surface area (Å²) in [6.07, 6.45) is -3.06. The summed E-state index contributed by atoms with van der Waals surface area (Å²) in [6.45, 7) is 4.77. The SMILES string of the molecule is CCN(CC)c1nc2c(ncn2[C@@H]2O[C@H](CO)C(O)C2O)c(=O)[nH]1. The van der Waals surface area contributed by atoms with Crippen LogP contribution < -0.4 is 10.5 Å². The van der Waals surface area contributed by atoms with Gasteiger partial charge in [-0.3, -0.25) is 14.3 Å². The number of aliphatic hydroxyl groups is 3. The number of imidazole rings is 1. The molecule has 3 rings (SSSR count). The Morgan fingerprint density at radius 3 is 2.62 bits per heavy atom. The van der Waals surface area contributed by atoms with Gasteiger partial charge in [-0.15, -0.1) is 0 Å². The second kappa shape index (κ2) is 6.48. The van der Waals surface area contributed by atoms with Gasteiger partial charge in [0.05, 0.1) is 12.9 Å². The number of nitrogens with zero attached hydrogens (tertiary/aromatic N) is 4. The van der Waals surface area contributed by atoms with Crippen LogP contribution in [0.5, 0.6) is 0 Å². The zero-order valence-corrected chi connectivity index (χ0v) is 13.5. The van der Waals surface area contributed by atoms with E-state index < -0.39 is 36.7 Å². The van der Waals surface area contributed by atoms with Gasteiger partial charge in [-0.25, -0.2) is 4.98 Å². The molecule has 4 atom stereocenters. The van der Waals surface area contributed by atoms with E-state index in [-0.39, 0.29) is 11.2 Å². The zero-order chi connectivity index (χ0) is 17.4. The van der Waals surface area contributed by atoms with Gasteiger partial charge in [0.2, 0.25) is 5.95 Å². The highest BCUT2D eigenvalue weighted by Crippen LogP contribution is 2.30. The van der Waals surface area contributed by atoms with Crippen LogP contribution in [0.3, 0.4) is 0 Å². The van der Waals surface area contributed by atoms with Gasteiger partial charge in [-0.1, -0.05) is 0 Å². The fourth-order valence-electron chi connectivity index (χ4n) is 2.88. The zero-order valence-electron chi connectivity index (χ0n) is 13.5. The predicted molar refractivity (Wildman–Crippen MR) is 84.7 cm³/mol. The Morgan fingerprint density at radius 1 is 1.33 bits per heavy atom. The average molecular weight is 339 g/mol. The number of H-pyrrole nitrogens is 1. The summed E-state index contributed by atoms with van der Waals surface area (Å²) in [5.41, 5.74) is -0.0356. The molecule has 132 valence electrons. The van der Waals surface area contributed by atoms with Crippen molar-refractivity contribution >= 4 is 17.1 Å². The molecule has 0 spiro atoms. The number of rotatable bonds is 5. The van der Waals surface area contributed by atoms with Crippen molar-refractivity contribution in [3.8, 4) is 0 Å². The van der Waals surface area contributed by atoms with Crippen LogP contribution in [0.1, 0.15) is 20.1 Å². The lowest BCUT2D eigenvalue weighted by Crippen LogP contribution is -2.33. The molecule has 2 aromatic rings. The molecule has 3 heterocycles. The molecule has 2 unspecified atom stereocenters. The van der Waals surface area contributed by atoms with Crippen LogP contribution in [-0.4, -0.2) is 72.8 Å². The molecule has 0 saturated carbocycles. The van der Waals surface area contributed by atoms with E-state index in [1.54, 1.807) is 0 Å². The number of fused-ring (bicyclic) bond motifs is 1. The Bertz CT molecular complexity index is 770. The van der Waals surface area contributed by atoms with E-state index in [0.29, 0.717) is 19.0 Å². The molecule has 1 saturated heterocycles. The Balaban J connectivity index is 2.08. The van der Waals surface area contributed by atoms with Gasteiger partial charge < -0.3 is 25.0 Å². The summed E-state index contributed by atoms with van der Waals surface area (Å²) in [5.74, 6) is 0.394. The summed E-state index contributed by atoms with van der Waals surface area (Å²) < 4.78 is 6.89. The third-order valence-electron chi connectivity index (χ3n) is 4.27. The molecule has 4 N–H and O–H groups in total. The third kappa shape index (κ3) is 2.57. The Kier molecular flexibility index (Phi) is 4.54. The molecule has 0 aliphatic carbocycles. The van der Waals surface area contributed by atoms with Crippen molar-refractivity contribution < 1.29 is 20.1 Å². The van der Waals surface area contributed by atoms with Crippen LogP contribution in [0, 0.1) is 0 Å². The molecule has 24 heavy (non-hydrogen) atoms. The van der Waals surface area contributed by atoms with Crippen LogP contribution in [0.25, 0.3) is 11.2 Å². The van der Waals surface area contributed by atoms with E-state index in [1.807, 2.05) is 18.7 Å². The molecule has 1 fully saturated rings. The van der Waals surface area contributed by atoms with Gasteiger partial charge in [0, 0.05) is 13.1 Å². The summed E-state index contributed by atoms with van der Waals surface area (Å²) in [6, 6.07) is 0. The standard InChI is InChI=1S/C14H21N5O5/c1-3-18(4-2)14-16-11-8(12(23)17-14)15-6-19(11)13-10(22)9(21)7(5-20)24-13/h6-7,9-10,13,20-22H,3-5H2,1-2H3,(H,16,17,23)/t7-,9?,10?,13-/m1/s1. The van der Waals surface area contributed by atoms with Crippen molar-refractivity contribution in [2.75, 3.05) is 24.6 Å². The number of aliphatic hydroxyl groups excluding tert-OH is 3. The number of nitrogens with one attached hydrogen (secondary N) is 1. The maximum atomic E-state index is 12.2. The lowest BCUT2D eigenvalue weighted by molar-refractivity contribution is -0.0511. The lowest BCUT2D eigenvalue weighted by Gasteiger charge is -2.20. The Morgan fingerprint density at radius 2 is 2.04 bits per heavy atom. The Labute approximate surface area is 137 Å². The molecule has 1 aliphatic rings. The van der Waals surface area contributed by atoms with Crippen molar-refractivity contribution in [2.24, 2.45) is 0 Å². The second-order valence-electron chi connectivity index (χ2n) is 5.61. The van der Waals surface area contributed by atoms with Crippen LogP contribution >= 0.6 is 0 Å². The van der Waals surface area contributed by atoms with Gasteiger partial charge >= 0.3 is 0 Å². The molecule has 0 amide bonds. The Hall–Kier alpha value is -2.01. The van der Waals surface area contributed by atoms with Crippen molar-refractivity contribution in [3.05, 3.63) is 16.7 Å². The van der Waals surface area contributed by atoms with E-state index in [0.717, 1.165) is 0 Å². The summed E-state index contributed by atoms with van der Waals surface area (Å²) in [5, 5.41) is 29.3. The van der Waals surface area contributed by atoms with E-state index in [1.165, 1.54) is 10.9 Å². The number of ether oxygens (including phenoxy) is 1. The van der Waals surface area contributed by atoms with Crippen LogP contribution in [0.15, 0.2) is 11.1 Å². The second-order valence-corrected chi connectivity index (χ2v) is 5.61. The van der Waals surface area contributed by atoms with Crippen molar-refractivity contribution in [1.29, 1.82) is 0 Å². The number of hydrogen-bond donors (Lipinski definition) is 4. The van der Waals surface area contributed by atoms with Crippen molar-refractivity contribution in [1.82, 2.24) is 19.5 Å². The van der Waals surface area contributed by atoms with Gasteiger partial charge in [0.25, 0.3) is 5.56 Å². The van der Waals surface area contributed by atoms with Gasteiger partial charge in [-0.2, -0.15) is 4.98 Å². The maximum Gasteiger partial charge on any atom is 0.280 e. The molecular formula is C14H21N5O5. The predicted octanol–water partition coefficient (Wildman–Crippen LogP) is -1.42. The van der Waals surface area contributed by atoms with Crippen LogP contribution in [0.2, 0.25) is 0 Å². The first-order valence-corrected chi connectivity index (χ1v) is 7.86. The molecule has 10 nitrogen and oxygen atoms in total. The fraction of sp³-hybridized carbons (Fsp3) is 0.643. The largest absolute Gasteiger partial charge is 0.394 e. The molecule has 0 radical (unpaired) electrons. The first kappa shape index (κ1) is 16.8. The minimum absolute atomic E-state index is 0.114. The minimum atomic E-state index is -1.27. The van der Waals surface area contributed by atoms with Gasteiger partial charge in [0.1, 0.15) is 18.3 Å². The monoisotopic (exact) mass is 339 g/mol. The molecule has 10 heteroatoms. The number of aromatic amines is 1. The van der Waals surface area contributed by atoms with E-state index >= 15 is 0 Å². The first-order chi connectivity index (χ1) is 11.5. The summed E-state index contributed by atoms with van der Waals surface area (Å²) >= 11 is 0. The normalized spacial score (nSPS) is 27.0. The highest BCUT2D eigenvalue weighted by molar-refractivity contribution is 5.71. The quantitative estimate of drug-likeness (QED) is 0.521. The van der Waals surface area contributed by atoms with E-state index in [4.69, 9.17) is 4.74 Å². The molecular weight excluding hydrogens is 318 g/mol. The highest BCUT2D eigenvalue weighted by atomic mass is 16.6. The molecule has 2 aromatic heterocycles. The smallest absolute Gasteiger partial charge is 0.280 e. The fourth-order valence-corrected chi connectivity index (χ4v) is 2.88. The van der Waals surface area contributed by atoms with E-state index in [9.17, 15) is 20.1 Å². The average Bonchev–Trinajstić information content (AvgIpc) is 3.11. The van der Waals surface area contributed by atoms with Crippen molar-refractivity contribution in [3.63, 3.8) is 0 Å². The molecule has 0 aromatic carbocycles. The summed E-state index contributed by atoms with van der Waals surface area (Å²) in [4.78, 5) is 25.3. The van der Waals surface area contributed by atoms with Crippen LogP contribution in [0.4, 0.5) is 5.95 Å². The summed E-state index contributed by atoms with van der Waals surface area (Å²) in [7, 11) is 0. The number of anilines is 1. The third-order valence-corrected chi connectivity index (χ3v) is 4.27. The highest BCUT2D eigenvalue weighted by Gasteiger charge is 2.44. The minimum Gasteiger partial charge on any atom is -0.394 e. The lowest BCUT2D eigenvalue weighted by atomic mass is 10.1. The number of hydrogen-bond acceptors (Lipinski definition) is 8. The first-order valence-electron chi connectivity index (χ1n) is 7.86. The topological polar surface area (TPSA) is 137 Å². The molecule has 0 bridgehead atoms. The van der Waals surface area contributed by atoms with Crippen LogP contribution in [-0.2, 0) is 4.74 Å². The van der Waals surface area contributed by atoms with Gasteiger partial charge in [0.15, 0.2) is 17.4 Å². The number of aromatic nitrogens is 4. The van der Waals surface area contributed by atoms with E-state index in [2.05, 4.69) is 15.0 Å². The van der Waals surface area contributed by atoms with Gasteiger partial charge in [-0.05, 0) is 13.8 Å². The molecule has 1 aliphatic heterocycles.